The lowest BCUT2D eigenvalue weighted by Gasteiger charge is -2.14. The van der Waals surface area contributed by atoms with Crippen LogP contribution in [0.3, 0.4) is 0 Å². The first-order valence-corrected chi connectivity index (χ1v) is 12.1. The van der Waals surface area contributed by atoms with Crippen LogP contribution in [-0.2, 0) is 18.9 Å². The summed E-state index contributed by atoms with van der Waals surface area (Å²) in [7, 11) is 3.78. The lowest BCUT2D eigenvalue weighted by Crippen LogP contribution is -2.15. The van der Waals surface area contributed by atoms with Gasteiger partial charge in [-0.3, -0.25) is 19.1 Å². The van der Waals surface area contributed by atoms with E-state index in [1.165, 1.54) is 0 Å². The first-order chi connectivity index (χ1) is 17.4. The molecule has 1 aliphatic carbocycles. The number of rotatable bonds is 5. The molecule has 0 saturated heterocycles. The van der Waals surface area contributed by atoms with E-state index in [-0.39, 0.29) is 17.7 Å². The minimum atomic E-state index is -0.0684. The van der Waals surface area contributed by atoms with Crippen molar-refractivity contribution in [1.29, 1.82) is 0 Å². The highest BCUT2D eigenvalue weighted by atomic mass is 35.5. The summed E-state index contributed by atoms with van der Waals surface area (Å²) in [5, 5.41) is 13.8. The number of nitrogens with zero attached hydrogens (tertiary/aromatic N) is 6. The number of hydrogen-bond donors (Lipinski definition) is 1. The average Bonchev–Trinajstić information content (AvgIpc) is 3.36. The Bertz CT molecular complexity index is 1640. The lowest BCUT2D eigenvalue weighted by atomic mass is 9.95. The minimum absolute atomic E-state index is 0.0282. The Labute approximate surface area is 213 Å². The largest absolute Gasteiger partial charge is 0.310 e. The number of amides is 1. The lowest BCUT2D eigenvalue weighted by molar-refractivity contribution is -0.117. The number of halogens is 1. The Hall–Kier alpha value is -4.04. The number of hydrogen-bond acceptors (Lipinski definition) is 5. The third-order valence-electron chi connectivity index (χ3n) is 6.83. The smallest absolute Gasteiger partial charge is 0.229 e. The van der Waals surface area contributed by atoms with Crippen LogP contribution in [0.2, 0.25) is 5.02 Å². The monoisotopic (exact) mass is 497 g/mol. The quantitative estimate of drug-likeness (QED) is 0.363. The molecule has 4 aromatic heterocycles. The molecule has 0 bridgehead atoms. The molecule has 180 valence electrons. The van der Waals surface area contributed by atoms with Crippen LogP contribution in [0.5, 0.6) is 0 Å². The number of pyridine rings is 2. The molecular formula is C27H24ClN7O. The predicted octanol–water partition coefficient (Wildman–Crippen LogP) is 5.13. The van der Waals surface area contributed by atoms with Crippen molar-refractivity contribution in [2.75, 3.05) is 5.32 Å². The molecule has 1 N–H and O–H groups in total. The van der Waals surface area contributed by atoms with Crippen molar-refractivity contribution in [1.82, 2.24) is 29.5 Å². The van der Waals surface area contributed by atoms with Crippen LogP contribution < -0.4 is 5.32 Å². The molecule has 1 amide bonds. The molecule has 0 aliphatic heterocycles. The van der Waals surface area contributed by atoms with E-state index in [1.807, 2.05) is 55.4 Å². The highest BCUT2D eigenvalue weighted by molar-refractivity contribution is 6.36. The summed E-state index contributed by atoms with van der Waals surface area (Å²) in [5.41, 5.74) is 5.86. The maximum absolute atomic E-state index is 12.9. The Kier molecular flexibility index (Phi) is 5.34. The molecule has 1 aromatic carbocycles. The number of carbonyl (C=O) groups is 1. The molecule has 1 saturated carbocycles. The van der Waals surface area contributed by atoms with E-state index < -0.39 is 0 Å². The van der Waals surface area contributed by atoms with Crippen molar-refractivity contribution in [3.05, 3.63) is 77.5 Å². The van der Waals surface area contributed by atoms with Gasteiger partial charge in [0.1, 0.15) is 5.82 Å². The Morgan fingerprint density at radius 1 is 1.08 bits per heavy atom. The topological polar surface area (TPSA) is 90.5 Å². The second-order valence-electron chi connectivity index (χ2n) is 9.33. The van der Waals surface area contributed by atoms with Crippen LogP contribution in [0.4, 0.5) is 5.82 Å². The second kappa shape index (κ2) is 8.57. The molecule has 0 spiro atoms. The zero-order valence-electron chi connectivity index (χ0n) is 20.1. The van der Waals surface area contributed by atoms with Gasteiger partial charge in [0.15, 0.2) is 0 Å². The number of benzene rings is 1. The molecule has 0 unspecified atom stereocenters. The van der Waals surface area contributed by atoms with Gasteiger partial charge in [-0.15, -0.1) is 0 Å². The van der Waals surface area contributed by atoms with Crippen molar-refractivity contribution in [2.24, 2.45) is 20.0 Å². The number of carbonyl (C=O) groups excluding carboxylic acids is 1. The predicted molar refractivity (Wildman–Crippen MR) is 140 cm³/mol. The molecule has 1 aliphatic rings. The second-order valence-corrected chi connectivity index (χ2v) is 9.73. The molecular weight excluding hydrogens is 474 g/mol. The van der Waals surface area contributed by atoms with Crippen LogP contribution in [0.1, 0.15) is 23.5 Å². The van der Waals surface area contributed by atoms with Crippen LogP contribution in [0.15, 0.2) is 61.3 Å². The molecule has 8 nitrogen and oxygen atoms in total. The van der Waals surface area contributed by atoms with Crippen LogP contribution in [0.25, 0.3) is 33.3 Å². The molecule has 9 heteroatoms. The summed E-state index contributed by atoms with van der Waals surface area (Å²) >= 11 is 6.71. The molecule has 0 radical (unpaired) electrons. The number of aromatic nitrogens is 6. The summed E-state index contributed by atoms with van der Waals surface area (Å²) < 4.78 is 3.57. The average molecular weight is 498 g/mol. The Morgan fingerprint density at radius 2 is 1.94 bits per heavy atom. The van der Waals surface area contributed by atoms with Crippen molar-refractivity contribution < 1.29 is 4.79 Å². The van der Waals surface area contributed by atoms with Gasteiger partial charge in [-0.25, -0.2) is 4.98 Å². The standard InChI is InChI=1S/C27H24ClN7O/c1-15-4-6-29-26(23-5-7-31-35(23)3)25(15)17-8-16-10-24(30-13-21(16)22(28)9-17)33-27(36)20-11-19(20)18-12-32-34(2)14-18/h4-10,12-14,19-20H,11H2,1-3H3,(H,30,33,36)/t19-,20+/m0/s1. The Balaban J connectivity index is 1.33. The molecule has 4 heterocycles. The van der Waals surface area contributed by atoms with Gasteiger partial charge in [-0.2, -0.15) is 10.2 Å². The van der Waals surface area contributed by atoms with E-state index in [4.69, 9.17) is 11.6 Å². The molecule has 2 atom stereocenters. The summed E-state index contributed by atoms with van der Waals surface area (Å²) in [4.78, 5) is 22.0. The van der Waals surface area contributed by atoms with Gasteiger partial charge in [0.2, 0.25) is 5.91 Å². The zero-order chi connectivity index (χ0) is 25.0. The van der Waals surface area contributed by atoms with Crippen LogP contribution in [-0.4, -0.2) is 35.4 Å². The maximum Gasteiger partial charge on any atom is 0.229 e. The van der Waals surface area contributed by atoms with Gasteiger partial charge in [-0.1, -0.05) is 11.6 Å². The fraction of sp³-hybridized carbons (Fsp3) is 0.222. The summed E-state index contributed by atoms with van der Waals surface area (Å²) in [6, 6.07) is 9.82. The third-order valence-corrected chi connectivity index (χ3v) is 7.14. The summed E-state index contributed by atoms with van der Waals surface area (Å²) in [6.45, 7) is 2.06. The SMILES string of the molecule is Cc1ccnc(-c2ccnn2C)c1-c1cc(Cl)c2cnc(NC(=O)[C@@H]3C[C@H]3c3cnn(C)c3)cc2c1. The van der Waals surface area contributed by atoms with Gasteiger partial charge in [0.05, 0.1) is 22.6 Å². The maximum atomic E-state index is 12.9. The molecule has 6 rings (SSSR count). The normalized spacial score (nSPS) is 16.9. The van der Waals surface area contributed by atoms with E-state index in [2.05, 4.69) is 38.5 Å². The first-order valence-electron chi connectivity index (χ1n) is 11.7. The molecule has 36 heavy (non-hydrogen) atoms. The van der Waals surface area contributed by atoms with Gasteiger partial charge < -0.3 is 5.32 Å². The summed E-state index contributed by atoms with van der Waals surface area (Å²) in [5.74, 6) is 0.618. The zero-order valence-corrected chi connectivity index (χ0v) is 20.9. The van der Waals surface area contributed by atoms with E-state index in [0.29, 0.717) is 10.8 Å². The van der Waals surface area contributed by atoms with Crippen molar-refractivity contribution in [3.8, 4) is 22.5 Å². The molecule has 1 fully saturated rings. The summed E-state index contributed by atoms with van der Waals surface area (Å²) in [6.07, 6.45) is 9.89. The first kappa shape index (κ1) is 22.4. The van der Waals surface area contributed by atoms with Crippen LogP contribution in [0, 0.1) is 12.8 Å². The van der Waals surface area contributed by atoms with E-state index in [0.717, 1.165) is 50.8 Å². The number of anilines is 1. The van der Waals surface area contributed by atoms with E-state index in [1.54, 1.807) is 23.3 Å². The highest BCUT2D eigenvalue weighted by Gasteiger charge is 2.44. The van der Waals surface area contributed by atoms with E-state index >= 15 is 0 Å². The molecule has 5 aromatic rings. The third kappa shape index (κ3) is 3.93. The Morgan fingerprint density at radius 3 is 2.69 bits per heavy atom. The van der Waals surface area contributed by atoms with Crippen LogP contribution >= 0.6 is 11.6 Å². The minimum Gasteiger partial charge on any atom is -0.310 e. The number of aryl methyl sites for hydroxylation is 3. The number of fused-ring (bicyclic) bond motifs is 1. The van der Waals surface area contributed by atoms with Gasteiger partial charge in [0, 0.05) is 55.8 Å². The van der Waals surface area contributed by atoms with Gasteiger partial charge in [0.25, 0.3) is 0 Å². The van der Waals surface area contributed by atoms with E-state index in [9.17, 15) is 4.79 Å². The highest BCUT2D eigenvalue weighted by Crippen LogP contribution is 2.48. The van der Waals surface area contributed by atoms with Crippen molar-refractivity contribution in [2.45, 2.75) is 19.3 Å². The van der Waals surface area contributed by atoms with Gasteiger partial charge >= 0.3 is 0 Å². The van der Waals surface area contributed by atoms with Crippen molar-refractivity contribution >= 4 is 34.1 Å². The fourth-order valence-electron chi connectivity index (χ4n) is 4.85. The fourth-order valence-corrected chi connectivity index (χ4v) is 5.13. The number of nitrogens with one attached hydrogen (secondary N) is 1. The van der Waals surface area contributed by atoms with Crippen molar-refractivity contribution in [3.63, 3.8) is 0 Å². The van der Waals surface area contributed by atoms with Gasteiger partial charge in [-0.05, 0) is 71.7 Å².